The molecule has 0 atom stereocenters. The van der Waals surface area contributed by atoms with Gasteiger partial charge in [0.25, 0.3) is 11.8 Å². The van der Waals surface area contributed by atoms with Crippen LogP contribution < -0.4 is 33.9 Å². The molecule has 218 valence electrons. The molecule has 0 spiro atoms. The Hall–Kier alpha value is -4.40. The summed E-state index contributed by atoms with van der Waals surface area (Å²) >= 11 is 0. The molecule has 9 nitrogen and oxygen atoms in total. The highest BCUT2D eigenvalue weighted by atomic mass is 16.5. The first-order chi connectivity index (χ1) is 19.9. The average Bonchev–Trinajstić information content (AvgIpc) is 2.95. The third-order valence-corrected chi connectivity index (χ3v) is 6.37. The van der Waals surface area contributed by atoms with Gasteiger partial charge in [-0.3, -0.25) is 9.59 Å². The Labute approximate surface area is 241 Å². The van der Waals surface area contributed by atoms with Gasteiger partial charge in [0.15, 0.2) is 18.1 Å². The maximum atomic E-state index is 13.3. The number of hydrogen-bond donors (Lipinski definition) is 1. The highest BCUT2D eigenvalue weighted by Crippen LogP contribution is 2.40. The van der Waals surface area contributed by atoms with Crippen LogP contribution in [0, 0.1) is 6.92 Å². The fourth-order valence-corrected chi connectivity index (χ4v) is 4.52. The fraction of sp³-hybridized carbons (Fsp3) is 0.375. The molecular formula is C32H38N2O7. The zero-order chi connectivity index (χ0) is 29.2. The van der Waals surface area contributed by atoms with Crippen LogP contribution in [-0.4, -0.2) is 51.4 Å². The fourth-order valence-electron chi connectivity index (χ4n) is 4.52. The van der Waals surface area contributed by atoms with Gasteiger partial charge >= 0.3 is 0 Å². The minimum Gasteiger partial charge on any atom is -0.494 e. The van der Waals surface area contributed by atoms with Gasteiger partial charge in [-0.25, -0.2) is 0 Å². The molecular weight excluding hydrogens is 524 g/mol. The minimum atomic E-state index is -0.349. The number of benzene rings is 3. The Bertz CT molecular complexity index is 1330. The Balaban J connectivity index is 1.45. The summed E-state index contributed by atoms with van der Waals surface area (Å²) in [5, 5.41) is 2.93. The van der Waals surface area contributed by atoms with Crippen molar-refractivity contribution in [1.29, 1.82) is 0 Å². The van der Waals surface area contributed by atoms with Gasteiger partial charge in [0, 0.05) is 17.8 Å². The number of hydrogen-bond acceptors (Lipinski definition) is 7. The normalized spacial score (nSPS) is 12.3. The highest BCUT2D eigenvalue weighted by molar-refractivity contribution is 6.06. The maximum Gasteiger partial charge on any atom is 0.265 e. The van der Waals surface area contributed by atoms with E-state index in [0.717, 1.165) is 24.2 Å². The number of ether oxygens (including phenoxy) is 5. The van der Waals surface area contributed by atoms with Gasteiger partial charge in [-0.15, -0.1) is 0 Å². The van der Waals surface area contributed by atoms with E-state index in [1.165, 1.54) is 0 Å². The molecule has 2 amide bonds. The molecule has 1 N–H and O–H groups in total. The van der Waals surface area contributed by atoms with Crippen LogP contribution in [0.15, 0.2) is 54.6 Å². The van der Waals surface area contributed by atoms with Crippen molar-refractivity contribution in [2.45, 2.75) is 40.5 Å². The number of fused-ring (bicyclic) bond motifs is 1. The molecule has 41 heavy (non-hydrogen) atoms. The molecule has 0 saturated heterocycles. The molecule has 0 fully saturated rings. The second kappa shape index (κ2) is 14.3. The van der Waals surface area contributed by atoms with Crippen molar-refractivity contribution in [3.63, 3.8) is 0 Å². The Morgan fingerprint density at radius 2 is 1.63 bits per heavy atom. The van der Waals surface area contributed by atoms with Gasteiger partial charge in [0.05, 0.1) is 32.1 Å². The molecule has 0 radical (unpaired) electrons. The van der Waals surface area contributed by atoms with Gasteiger partial charge in [-0.2, -0.15) is 0 Å². The van der Waals surface area contributed by atoms with E-state index in [1.54, 1.807) is 35.2 Å². The van der Waals surface area contributed by atoms with Crippen LogP contribution in [0.3, 0.4) is 0 Å². The first-order valence-electron chi connectivity index (χ1n) is 14.1. The molecule has 4 rings (SSSR count). The summed E-state index contributed by atoms with van der Waals surface area (Å²) in [7, 11) is 0. The lowest BCUT2D eigenvalue weighted by Gasteiger charge is -2.30. The van der Waals surface area contributed by atoms with Gasteiger partial charge < -0.3 is 33.9 Å². The zero-order valence-electron chi connectivity index (χ0n) is 24.2. The first-order valence-corrected chi connectivity index (χ1v) is 14.1. The number of rotatable bonds is 14. The lowest BCUT2D eigenvalue weighted by Crippen LogP contribution is -2.39. The smallest absolute Gasteiger partial charge is 0.265 e. The van der Waals surface area contributed by atoms with Gasteiger partial charge in [-0.05, 0) is 88.6 Å². The molecule has 0 aromatic heterocycles. The number of unbranched alkanes of at least 4 members (excludes halogenated alkanes) is 1. The number of amides is 2. The number of anilines is 2. The van der Waals surface area contributed by atoms with Crippen LogP contribution in [0.4, 0.5) is 11.4 Å². The summed E-state index contributed by atoms with van der Waals surface area (Å²) in [6.45, 7) is 9.91. The lowest BCUT2D eigenvalue weighted by atomic mass is 10.1. The average molecular weight is 563 g/mol. The van der Waals surface area contributed by atoms with Crippen molar-refractivity contribution in [3.8, 4) is 28.7 Å². The molecule has 1 heterocycles. The molecule has 0 unspecified atom stereocenters. The van der Waals surface area contributed by atoms with Crippen molar-refractivity contribution in [1.82, 2.24) is 0 Å². The lowest BCUT2D eigenvalue weighted by molar-refractivity contribution is -0.121. The summed E-state index contributed by atoms with van der Waals surface area (Å²) in [6.07, 6.45) is 1.53. The van der Waals surface area contributed by atoms with E-state index in [0.29, 0.717) is 72.9 Å². The number of nitrogens with zero attached hydrogens (tertiary/aromatic N) is 1. The first kappa shape index (κ1) is 29.6. The number of carbonyl (C=O) groups excluding carboxylic acids is 2. The predicted molar refractivity (Wildman–Crippen MR) is 158 cm³/mol. The molecule has 3 aromatic rings. The van der Waals surface area contributed by atoms with Crippen molar-refractivity contribution in [3.05, 3.63) is 65.7 Å². The molecule has 0 saturated carbocycles. The van der Waals surface area contributed by atoms with Crippen molar-refractivity contribution in [2.75, 3.05) is 49.8 Å². The van der Waals surface area contributed by atoms with Crippen LogP contribution in [0.2, 0.25) is 0 Å². The zero-order valence-corrected chi connectivity index (χ0v) is 24.2. The molecule has 9 heteroatoms. The largest absolute Gasteiger partial charge is 0.494 e. The highest BCUT2D eigenvalue weighted by Gasteiger charge is 2.26. The van der Waals surface area contributed by atoms with Gasteiger partial charge in [0.2, 0.25) is 5.75 Å². The van der Waals surface area contributed by atoms with Crippen LogP contribution in [0.5, 0.6) is 28.7 Å². The predicted octanol–water partition coefficient (Wildman–Crippen LogP) is 6.03. The van der Waals surface area contributed by atoms with E-state index in [4.69, 9.17) is 23.7 Å². The Morgan fingerprint density at radius 1 is 0.902 bits per heavy atom. The summed E-state index contributed by atoms with van der Waals surface area (Å²) in [6, 6.07) is 16.5. The van der Waals surface area contributed by atoms with E-state index in [-0.39, 0.29) is 18.4 Å². The summed E-state index contributed by atoms with van der Waals surface area (Å²) in [5.74, 6) is 2.30. The van der Waals surface area contributed by atoms with Crippen LogP contribution in [0.25, 0.3) is 0 Å². The van der Waals surface area contributed by atoms with Gasteiger partial charge in [0.1, 0.15) is 11.5 Å². The summed E-state index contributed by atoms with van der Waals surface area (Å²) in [5.41, 5.74) is 2.66. The molecule has 1 aliphatic rings. The third-order valence-electron chi connectivity index (χ3n) is 6.37. The van der Waals surface area contributed by atoms with E-state index >= 15 is 0 Å². The number of aryl methyl sites for hydroxylation is 1. The quantitative estimate of drug-likeness (QED) is 0.240. The number of carbonyl (C=O) groups is 2. The van der Waals surface area contributed by atoms with Crippen LogP contribution in [0.1, 0.15) is 49.5 Å². The van der Waals surface area contributed by atoms with Crippen molar-refractivity contribution >= 4 is 23.2 Å². The molecule has 1 aliphatic heterocycles. The van der Waals surface area contributed by atoms with Gasteiger partial charge in [-0.1, -0.05) is 12.1 Å². The van der Waals surface area contributed by atoms with Crippen LogP contribution in [-0.2, 0) is 4.79 Å². The molecule has 0 bridgehead atoms. The molecule has 3 aromatic carbocycles. The van der Waals surface area contributed by atoms with Crippen LogP contribution >= 0.6 is 0 Å². The van der Waals surface area contributed by atoms with E-state index < -0.39 is 0 Å². The van der Waals surface area contributed by atoms with Crippen molar-refractivity contribution in [2.24, 2.45) is 0 Å². The SMILES string of the molecule is CCOc1cc(C(=O)Nc2ccc3c(c2)N(CCCCOc2cccc(C)c2)C(=O)CO3)cc(OCC)c1OCC. The second-order valence-corrected chi connectivity index (χ2v) is 9.44. The standard InChI is InChI=1S/C32H38N2O7/c1-5-37-28-18-23(19-29(38-6-2)31(28)39-7-3)32(36)33-24-13-14-27-26(20-24)34(30(35)21-41-27)15-8-9-16-40-25-12-10-11-22(4)17-25/h10-14,17-20H,5-9,15-16,21H2,1-4H3,(H,33,36). The van der Waals surface area contributed by atoms with Crippen molar-refractivity contribution < 1.29 is 33.3 Å². The topological polar surface area (TPSA) is 95.6 Å². The Kier molecular flexibility index (Phi) is 10.3. The van der Waals surface area contributed by atoms with E-state index in [9.17, 15) is 9.59 Å². The summed E-state index contributed by atoms with van der Waals surface area (Å²) in [4.78, 5) is 27.8. The monoisotopic (exact) mass is 562 g/mol. The minimum absolute atomic E-state index is 0.0227. The molecule has 0 aliphatic carbocycles. The maximum absolute atomic E-state index is 13.3. The number of nitrogens with one attached hydrogen (secondary N) is 1. The third kappa shape index (κ3) is 7.63. The Morgan fingerprint density at radius 3 is 2.32 bits per heavy atom. The summed E-state index contributed by atoms with van der Waals surface area (Å²) < 4.78 is 28.7. The van der Waals surface area contributed by atoms with E-state index in [1.807, 2.05) is 52.0 Å². The van der Waals surface area contributed by atoms with E-state index in [2.05, 4.69) is 5.32 Å². The second-order valence-electron chi connectivity index (χ2n) is 9.44.